The Morgan fingerprint density at radius 2 is 1.36 bits per heavy atom. The number of benzene rings is 1. The number of hydrogen-bond donors (Lipinski definition) is 1. The van der Waals surface area contributed by atoms with E-state index < -0.39 is 42.6 Å². The van der Waals surface area contributed by atoms with E-state index in [1.165, 1.54) is 12.1 Å². The van der Waals surface area contributed by atoms with Crippen LogP contribution in [0, 0.1) is 5.92 Å². The van der Waals surface area contributed by atoms with Crippen molar-refractivity contribution in [1.29, 1.82) is 0 Å². The van der Waals surface area contributed by atoms with Crippen LogP contribution in [0.1, 0.15) is 60.5 Å². The Morgan fingerprint density at radius 1 is 0.806 bits per heavy atom. The lowest BCUT2D eigenvalue weighted by Crippen LogP contribution is -2.36. The fraction of sp³-hybridized carbons (Fsp3) is 0.600. The number of carbonyl (C=O) groups excluding carboxylic acids is 4. The summed E-state index contributed by atoms with van der Waals surface area (Å²) in [5.74, 6) is -1.13. The summed E-state index contributed by atoms with van der Waals surface area (Å²) in [6.07, 6.45) is -3.18. The largest absolute Gasteiger partial charge is 0.514 e. The molecule has 0 heterocycles. The fourth-order valence-electron chi connectivity index (χ4n) is 2.74. The van der Waals surface area contributed by atoms with Crippen molar-refractivity contribution in [3.8, 4) is 11.5 Å². The average molecular weight is 512 g/mol. The molecule has 0 amide bonds. The van der Waals surface area contributed by atoms with Gasteiger partial charge in [-0.3, -0.25) is 9.59 Å². The third-order valence-electron chi connectivity index (χ3n) is 4.18. The van der Waals surface area contributed by atoms with E-state index >= 15 is 0 Å². The minimum atomic E-state index is -1.06. The number of nitrogens with two attached hydrogens (primary N) is 1. The van der Waals surface area contributed by atoms with Gasteiger partial charge in [-0.15, -0.1) is 0 Å². The van der Waals surface area contributed by atoms with Gasteiger partial charge in [-0.05, 0) is 64.7 Å². The van der Waals surface area contributed by atoms with E-state index in [9.17, 15) is 19.2 Å². The van der Waals surface area contributed by atoms with Crippen molar-refractivity contribution in [2.45, 2.75) is 85.7 Å². The van der Waals surface area contributed by atoms with Crippen LogP contribution in [0.5, 0.6) is 11.5 Å². The van der Waals surface area contributed by atoms with Crippen LogP contribution >= 0.6 is 0 Å². The Hall–Kier alpha value is -3.34. The number of hydrogen-bond acceptors (Lipinski definition) is 11. The highest BCUT2D eigenvalue weighted by Crippen LogP contribution is 2.30. The Labute approximate surface area is 211 Å². The lowest BCUT2D eigenvalue weighted by atomic mass is 10.1. The third-order valence-corrected chi connectivity index (χ3v) is 4.18. The topological polar surface area (TPSA) is 150 Å². The van der Waals surface area contributed by atoms with E-state index in [0.717, 1.165) is 0 Å². The number of ether oxygens (including phenoxy) is 6. The van der Waals surface area contributed by atoms with Crippen LogP contribution < -0.4 is 15.2 Å². The second-order valence-corrected chi connectivity index (χ2v) is 9.16. The van der Waals surface area contributed by atoms with E-state index in [-0.39, 0.29) is 42.8 Å². The summed E-state index contributed by atoms with van der Waals surface area (Å²) in [4.78, 5) is 48.0. The van der Waals surface area contributed by atoms with Gasteiger partial charge in [0.1, 0.15) is 18.8 Å². The molecule has 0 radical (unpaired) electrons. The van der Waals surface area contributed by atoms with Gasteiger partial charge in [0.25, 0.3) is 0 Å². The molecular weight excluding hydrogens is 474 g/mol. The molecular formula is C25H37NO10. The zero-order valence-corrected chi connectivity index (χ0v) is 21.9. The minimum Gasteiger partial charge on any atom is -0.461 e. The second kappa shape index (κ2) is 14.9. The summed E-state index contributed by atoms with van der Waals surface area (Å²) >= 11 is 0. The van der Waals surface area contributed by atoms with Crippen LogP contribution in [0.2, 0.25) is 0 Å². The van der Waals surface area contributed by atoms with Crippen LogP contribution in [0.4, 0.5) is 9.59 Å². The lowest BCUT2D eigenvalue weighted by molar-refractivity contribution is -0.159. The highest BCUT2D eigenvalue weighted by atomic mass is 16.7. The summed E-state index contributed by atoms with van der Waals surface area (Å²) in [5, 5.41) is 0. The SMILES string of the molecule is CC(C)CC(=O)O[C@@H](C)COC(=O)[C@@H](N)Cc1ccc(OC(=O)OC(C)C)c(OC(=O)OC(C)C)c1. The predicted octanol–water partition coefficient (Wildman–Crippen LogP) is 3.93. The fourth-order valence-corrected chi connectivity index (χ4v) is 2.74. The summed E-state index contributed by atoms with van der Waals surface area (Å²) in [5.41, 5.74) is 6.47. The zero-order chi connectivity index (χ0) is 27.4. The van der Waals surface area contributed by atoms with Gasteiger partial charge in [0.2, 0.25) is 0 Å². The monoisotopic (exact) mass is 511 g/mol. The van der Waals surface area contributed by atoms with E-state index in [1.807, 2.05) is 13.8 Å². The highest BCUT2D eigenvalue weighted by Gasteiger charge is 2.22. The second-order valence-electron chi connectivity index (χ2n) is 9.16. The molecule has 0 fully saturated rings. The van der Waals surface area contributed by atoms with Crippen molar-refractivity contribution in [1.82, 2.24) is 0 Å². The molecule has 1 aromatic carbocycles. The molecule has 0 spiro atoms. The lowest BCUT2D eigenvalue weighted by Gasteiger charge is -2.17. The van der Waals surface area contributed by atoms with E-state index in [1.54, 1.807) is 40.7 Å². The summed E-state index contributed by atoms with van der Waals surface area (Å²) in [7, 11) is 0. The maximum atomic E-state index is 12.3. The molecule has 1 aromatic rings. The zero-order valence-electron chi connectivity index (χ0n) is 21.9. The van der Waals surface area contributed by atoms with Crippen molar-refractivity contribution in [3.05, 3.63) is 23.8 Å². The first-order chi connectivity index (χ1) is 16.8. The molecule has 0 aliphatic carbocycles. The average Bonchev–Trinajstić information content (AvgIpc) is 2.71. The van der Waals surface area contributed by atoms with Gasteiger partial charge in [-0.1, -0.05) is 19.9 Å². The standard InChI is InChI=1S/C25H37NO10/c1-14(2)10-22(27)34-17(7)13-31-23(28)19(26)11-18-8-9-20(35-24(29)32-15(3)4)21(12-18)36-25(30)33-16(5)6/h8-9,12,14-17,19H,10-11,13,26H2,1-7H3/t17-,19-/m0/s1. The normalized spacial score (nSPS) is 12.6. The summed E-state index contributed by atoms with van der Waals surface area (Å²) in [6, 6.07) is 3.26. The first-order valence-electron chi connectivity index (χ1n) is 11.8. The van der Waals surface area contributed by atoms with Gasteiger partial charge >= 0.3 is 24.2 Å². The van der Waals surface area contributed by atoms with Gasteiger partial charge < -0.3 is 34.2 Å². The molecule has 36 heavy (non-hydrogen) atoms. The number of esters is 2. The smallest absolute Gasteiger partial charge is 0.461 e. The number of carbonyl (C=O) groups is 4. The molecule has 11 heteroatoms. The van der Waals surface area contributed by atoms with Gasteiger partial charge in [0, 0.05) is 6.42 Å². The third kappa shape index (κ3) is 12.4. The predicted molar refractivity (Wildman–Crippen MR) is 129 cm³/mol. The quantitative estimate of drug-likeness (QED) is 0.247. The van der Waals surface area contributed by atoms with Crippen molar-refractivity contribution in [3.63, 3.8) is 0 Å². The molecule has 0 aliphatic heterocycles. The first kappa shape index (κ1) is 30.7. The van der Waals surface area contributed by atoms with Crippen molar-refractivity contribution >= 4 is 24.2 Å². The number of rotatable bonds is 12. The van der Waals surface area contributed by atoms with Crippen LogP contribution in [0.15, 0.2) is 18.2 Å². The Morgan fingerprint density at radius 3 is 1.89 bits per heavy atom. The van der Waals surface area contributed by atoms with Crippen molar-refractivity contribution < 1.29 is 47.6 Å². The Kier molecular flexibility index (Phi) is 12.7. The maximum absolute atomic E-state index is 12.3. The van der Waals surface area contributed by atoms with E-state index in [4.69, 9.17) is 34.2 Å². The molecule has 2 N–H and O–H groups in total. The van der Waals surface area contributed by atoms with Gasteiger partial charge in [0.05, 0.1) is 12.2 Å². The molecule has 11 nitrogen and oxygen atoms in total. The Balaban J connectivity index is 2.84. The van der Waals surface area contributed by atoms with Gasteiger partial charge in [-0.2, -0.15) is 0 Å². The van der Waals surface area contributed by atoms with Gasteiger partial charge in [-0.25, -0.2) is 9.59 Å². The molecule has 0 unspecified atom stereocenters. The summed E-state index contributed by atoms with van der Waals surface area (Å²) in [6.45, 7) is 11.8. The van der Waals surface area contributed by atoms with Crippen LogP contribution in [-0.2, 0) is 35.0 Å². The molecule has 0 saturated carbocycles. The molecule has 0 aliphatic rings. The van der Waals surface area contributed by atoms with E-state index in [0.29, 0.717) is 5.56 Å². The molecule has 0 bridgehead atoms. The first-order valence-corrected chi connectivity index (χ1v) is 11.8. The molecule has 0 saturated heterocycles. The molecule has 202 valence electrons. The molecule has 2 atom stereocenters. The molecule has 0 aromatic heterocycles. The van der Waals surface area contributed by atoms with Crippen LogP contribution in [-0.4, -0.2) is 55.2 Å². The summed E-state index contributed by atoms with van der Waals surface area (Å²) < 4.78 is 30.6. The van der Waals surface area contributed by atoms with Crippen LogP contribution in [0.25, 0.3) is 0 Å². The van der Waals surface area contributed by atoms with Gasteiger partial charge in [0.15, 0.2) is 11.5 Å². The van der Waals surface area contributed by atoms with Crippen molar-refractivity contribution in [2.24, 2.45) is 11.7 Å². The van der Waals surface area contributed by atoms with Crippen LogP contribution in [0.3, 0.4) is 0 Å². The minimum absolute atomic E-state index is 0.0205. The molecule has 1 rings (SSSR count). The highest BCUT2D eigenvalue weighted by molar-refractivity contribution is 5.76. The maximum Gasteiger partial charge on any atom is 0.514 e. The van der Waals surface area contributed by atoms with Crippen molar-refractivity contribution in [2.75, 3.05) is 6.61 Å². The van der Waals surface area contributed by atoms with E-state index in [2.05, 4.69) is 0 Å². The Bertz CT molecular complexity index is 897.